The van der Waals surface area contributed by atoms with Crippen LogP contribution in [0.3, 0.4) is 0 Å². The van der Waals surface area contributed by atoms with E-state index in [0.29, 0.717) is 34.4 Å². The lowest BCUT2D eigenvalue weighted by Crippen LogP contribution is -2.24. The topological polar surface area (TPSA) is 138 Å². The van der Waals surface area contributed by atoms with Crippen LogP contribution >= 0.6 is 21.6 Å². The van der Waals surface area contributed by atoms with Crippen molar-refractivity contribution in [2.45, 2.75) is 12.8 Å². The lowest BCUT2D eigenvalue weighted by atomic mass is 10.1. The normalized spacial score (nSPS) is 13.1. The van der Waals surface area contributed by atoms with Gasteiger partial charge in [-0.05, 0) is 24.3 Å². The minimum Gasteiger partial charge on any atom is -0.481 e. The minimum atomic E-state index is -0.770. The summed E-state index contributed by atoms with van der Waals surface area (Å²) in [5.41, 5.74) is 1.95. The number of aliphatic carboxylic acids is 1. The molecule has 0 unspecified atom stereocenters. The molecule has 0 saturated carbocycles. The van der Waals surface area contributed by atoms with Gasteiger partial charge in [-0.1, -0.05) is 45.9 Å². The van der Waals surface area contributed by atoms with Crippen molar-refractivity contribution in [3.8, 4) is 0 Å². The number of rotatable bonds is 7. The highest BCUT2D eigenvalue weighted by Crippen LogP contribution is 2.22. The second kappa shape index (κ2) is 13.3. The highest BCUT2D eigenvalue weighted by molar-refractivity contribution is 8.76. The second-order valence-corrected chi connectivity index (χ2v) is 9.49. The molecular weight excluding hydrogens is 480 g/mol. The zero-order valence-electron chi connectivity index (χ0n) is 18.2. The van der Waals surface area contributed by atoms with Crippen molar-refractivity contribution < 1.29 is 33.9 Å². The van der Waals surface area contributed by atoms with Gasteiger partial charge in [-0.25, -0.2) is 0 Å². The second-order valence-electron chi connectivity index (χ2n) is 6.79. The SMILES string of the molecule is CN1C(=O)c2ccccc2C1=O.O=C1NC(=O)c2ccccc21.O=CCCSSCCC(=O)O. The molecule has 0 aromatic heterocycles. The Morgan fingerprint density at radius 1 is 0.853 bits per heavy atom. The van der Waals surface area contributed by atoms with E-state index in [1.54, 1.807) is 59.3 Å². The Morgan fingerprint density at radius 3 is 1.74 bits per heavy atom. The number of carbonyl (C=O) groups excluding carboxylic acids is 5. The Hall–Kier alpha value is -3.44. The first kappa shape index (κ1) is 26.8. The molecular formula is C23H22N2O7S2. The van der Waals surface area contributed by atoms with Crippen LogP contribution in [-0.4, -0.2) is 64.4 Å². The standard InChI is InChI=1S/C9H7NO2.C8H5NO2.C6H10O3S2/c1-10-8(11)6-4-2-3-5-7(6)9(10)12;10-7-5-3-1-2-4-6(5)8(11)9-7;7-3-1-4-10-11-5-2-6(8)9/h2-5H,1H3;1-4H,(H,9,10,11);3H,1-2,4-5H2,(H,8,9). The Morgan fingerprint density at radius 2 is 1.29 bits per heavy atom. The Bertz CT molecular complexity index is 1040. The van der Waals surface area contributed by atoms with Gasteiger partial charge in [-0.15, -0.1) is 0 Å². The van der Waals surface area contributed by atoms with Gasteiger partial charge in [0.05, 0.1) is 28.7 Å². The van der Waals surface area contributed by atoms with Gasteiger partial charge >= 0.3 is 5.97 Å². The fourth-order valence-electron chi connectivity index (χ4n) is 2.77. The molecule has 2 aliphatic heterocycles. The van der Waals surface area contributed by atoms with E-state index in [1.807, 2.05) is 0 Å². The summed E-state index contributed by atoms with van der Waals surface area (Å²) in [7, 11) is 4.53. The predicted octanol–water partition coefficient (Wildman–Crippen LogP) is 2.91. The Kier molecular flexibility index (Phi) is 10.5. The monoisotopic (exact) mass is 502 g/mol. The van der Waals surface area contributed by atoms with E-state index in [-0.39, 0.29) is 30.0 Å². The van der Waals surface area contributed by atoms with E-state index in [9.17, 15) is 28.8 Å². The molecule has 2 N–H and O–H groups in total. The maximum absolute atomic E-state index is 11.3. The number of hydrogen-bond acceptors (Lipinski definition) is 8. The summed E-state index contributed by atoms with van der Waals surface area (Å²) in [5.74, 6) is -0.414. The molecule has 0 radical (unpaired) electrons. The van der Waals surface area contributed by atoms with E-state index in [4.69, 9.17) is 5.11 Å². The minimum absolute atomic E-state index is 0.193. The van der Waals surface area contributed by atoms with Gasteiger partial charge < -0.3 is 9.90 Å². The average molecular weight is 503 g/mol. The summed E-state index contributed by atoms with van der Waals surface area (Å²) in [6.07, 6.45) is 1.61. The van der Waals surface area contributed by atoms with Gasteiger partial charge in [0.15, 0.2) is 0 Å². The first-order chi connectivity index (χ1) is 16.3. The summed E-state index contributed by atoms with van der Waals surface area (Å²) in [6.45, 7) is 0. The molecule has 0 saturated heterocycles. The number of aldehydes is 1. The number of benzene rings is 2. The molecule has 0 spiro atoms. The van der Waals surface area contributed by atoms with Gasteiger partial charge in [0, 0.05) is 25.0 Å². The Balaban J connectivity index is 0.000000181. The van der Waals surface area contributed by atoms with Gasteiger partial charge in [0.1, 0.15) is 6.29 Å². The number of nitrogens with one attached hydrogen (secondary N) is 1. The molecule has 0 bridgehead atoms. The summed E-state index contributed by atoms with van der Waals surface area (Å²) >= 11 is 0. The molecule has 178 valence electrons. The molecule has 2 aromatic rings. The largest absolute Gasteiger partial charge is 0.481 e. The van der Waals surface area contributed by atoms with Crippen LogP contribution in [0.4, 0.5) is 0 Å². The van der Waals surface area contributed by atoms with Gasteiger partial charge in [-0.2, -0.15) is 0 Å². The molecule has 11 heteroatoms. The number of nitrogens with zero attached hydrogens (tertiary/aromatic N) is 1. The van der Waals surface area contributed by atoms with Crippen molar-refractivity contribution in [1.82, 2.24) is 10.2 Å². The number of carboxylic acid groups (broad SMARTS) is 1. The average Bonchev–Trinajstić information content (AvgIpc) is 3.25. The third-order valence-electron chi connectivity index (χ3n) is 4.44. The van der Waals surface area contributed by atoms with Crippen LogP contribution in [0.15, 0.2) is 48.5 Å². The molecule has 2 aliphatic rings. The van der Waals surface area contributed by atoms with Crippen LogP contribution in [0.2, 0.25) is 0 Å². The predicted molar refractivity (Wildman–Crippen MR) is 129 cm³/mol. The number of imide groups is 2. The van der Waals surface area contributed by atoms with Crippen molar-refractivity contribution in [3.05, 3.63) is 70.8 Å². The summed E-state index contributed by atoms with van der Waals surface area (Å²) < 4.78 is 0. The fraction of sp³-hybridized carbons (Fsp3) is 0.217. The van der Waals surface area contributed by atoms with Gasteiger partial charge in [-0.3, -0.25) is 34.2 Å². The highest BCUT2D eigenvalue weighted by Gasteiger charge is 2.31. The first-order valence-corrected chi connectivity index (χ1v) is 12.5. The molecule has 0 fully saturated rings. The zero-order chi connectivity index (χ0) is 25.1. The van der Waals surface area contributed by atoms with Crippen LogP contribution in [0.1, 0.15) is 54.3 Å². The summed E-state index contributed by atoms with van der Waals surface area (Å²) in [6, 6.07) is 13.6. The van der Waals surface area contributed by atoms with E-state index < -0.39 is 5.97 Å². The lowest BCUT2D eigenvalue weighted by molar-refractivity contribution is -0.136. The van der Waals surface area contributed by atoms with Crippen molar-refractivity contribution in [2.24, 2.45) is 0 Å². The fourth-order valence-corrected chi connectivity index (χ4v) is 4.70. The number of carboxylic acids is 1. The molecule has 2 heterocycles. The number of hydrogen-bond donors (Lipinski definition) is 2. The number of amides is 4. The van der Waals surface area contributed by atoms with Gasteiger partial charge in [0.25, 0.3) is 23.6 Å². The maximum atomic E-state index is 11.3. The highest BCUT2D eigenvalue weighted by atomic mass is 33.1. The molecule has 2 aromatic carbocycles. The molecule has 4 rings (SSSR count). The Labute approximate surface area is 203 Å². The van der Waals surface area contributed by atoms with E-state index in [1.165, 1.54) is 17.8 Å². The van der Waals surface area contributed by atoms with Crippen LogP contribution in [0.5, 0.6) is 0 Å². The lowest BCUT2D eigenvalue weighted by Gasteiger charge is -2.02. The summed E-state index contributed by atoms with van der Waals surface area (Å²) in [5, 5.41) is 10.4. The number of fused-ring (bicyclic) bond motifs is 2. The molecule has 9 nitrogen and oxygen atoms in total. The quantitative estimate of drug-likeness (QED) is 0.253. The van der Waals surface area contributed by atoms with Crippen molar-refractivity contribution in [1.29, 1.82) is 0 Å². The third kappa shape index (κ3) is 7.29. The van der Waals surface area contributed by atoms with Crippen molar-refractivity contribution in [2.75, 3.05) is 18.6 Å². The molecule has 34 heavy (non-hydrogen) atoms. The number of carbonyl (C=O) groups is 6. The van der Waals surface area contributed by atoms with Crippen LogP contribution in [0.25, 0.3) is 0 Å². The van der Waals surface area contributed by atoms with Crippen molar-refractivity contribution >= 4 is 57.5 Å². The van der Waals surface area contributed by atoms with E-state index in [0.717, 1.165) is 16.9 Å². The van der Waals surface area contributed by atoms with E-state index in [2.05, 4.69) is 5.32 Å². The van der Waals surface area contributed by atoms with Crippen LogP contribution < -0.4 is 5.32 Å². The van der Waals surface area contributed by atoms with E-state index >= 15 is 0 Å². The first-order valence-electron chi connectivity index (χ1n) is 10.0. The van der Waals surface area contributed by atoms with Gasteiger partial charge in [0.2, 0.25) is 0 Å². The molecule has 4 amide bonds. The molecule has 0 aliphatic carbocycles. The summed E-state index contributed by atoms with van der Waals surface area (Å²) in [4.78, 5) is 65.5. The van der Waals surface area contributed by atoms with Crippen LogP contribution in [0, 0.1) is 0 Å². The molecule has 0 atom stereocenters. The van der Waals surface area contributed by atoms with Crippen molar-refractivity contribution in [3.63, 3.8) is 0 Å². The smallest absolute Gasteiger partial charge is 0.304 e. The third-order valence-corrected chi connectivity index (χ3v) is 6.88. The zero-order valence-corrected chi connectivity index (χ0v) is 19.8. The maximum Gasteiger partial charge on any atom is 0.304 e. The van der Waals surface area contributed by atoms with Crippen LogP contribution in [-0.2, 0) is 9.59 Å².